The fraction of sp³-hybridized carbons (Fsp3) is 0.875. The molecular formula is C8H17O3S. The Labute approximate surface area is 74.9 Å². The topological polar surface area (TPSA) is 54.4 Å². The quantitative estimate of drug-likeness (QED) is 0.519. The van der Waals surface area contributed by atoms with Crippen molar-refractivity contribution in [3.63, 3.8) is 0 Å². The lowest BCUT2D eigenvalue weighted by atomic mass is 10.1. The average molecular weight is 193 g/mol. The molecule has 0 aliphatic carbocycles. The van der Waals surface area contributed by atoms with Crippen molar-refractivity contribution in [2.45, 2.75) is 44.3 Å². The smallest absolute Gasteiger partial charge is 0.267 e. The second-order valence-corrected chi connectivity index (χ2v) is 4.68. The number of hydrogen-bond donors (Lipinski definition) is 1. The molecule has 1 atom stereocenters. The summed E-state index contributed by atoms with van der Waals surface area (Å²) in [6, 6.07) is 0. The lowest BCUT2D eigenvalue weighted by molar-refractivity contribution is 0.467. The Morgan fingerprint density at radius 3 is 2.33 bits per heavy atom. The molecule has 0 aromatic rings. The highest BCUT2D eigenvalue weighted by molar-refractivity contribution is 7.86. The third-order valence-electron chi connectivity index (χ3n) is 1.80. The molecule has 0 aliphatic rings. The van der Waals surface area contributed by atoms with Gasteiger partial charge in [-0.2, -0.15) is 8.42 Å². The minimum atomic E-state index is -3.90. The first kappa shape index (κ1) is 11.9. The van der Waals surface area contributed by atoms with Gasteiger partial charge < -0.3 is 0 Å². The van der Waals surface area contributed by atoms with Crippen molar-refractivity contribution < 1.29 is 13.0 Å². The summed E-state index contributed by atoms with van der Waals surface area (Å²) in [5.74, 6) is 0. The molecule has 0 aliphatic heterocycles. The van der Waals surface area contributed by atoms with Gasteiger partial charge in [0.2, 0.25) is 0 Å². The van der Waals surface area contributed by atoms with Crippen molar-refractivity contribution in [1.29, 1.82) is 0 Å². The minimum Gasteiger partial charge on any atom is -0.285 e. The van der Waals surface area contributed by atoms with Crippen molar-refractivity contribution in [3.8, 4) is 0 Å². The molecule has 0 heterocycles. The van der Waals surface area contributed by atoms with Crippen molar-refractivity contribution in [1.82, 2.24) is 0 Å². The Morgan fingerprint density at radius 1 is 1.33 bits per heavy atom. The van der Waals surface area contributed by atoms with Crippen LogP contribution in [0, 0.1) is 6.92 Å². The Kier molecular flexibility index (Phi) is 5.50. The molecule has 0 spiro atoms. The fourth-order valence-corrected chi connectivity index (χ4v) is 1.41. The van der Waals surface area contributed by atoms with E-state index in [1.165, 1.54) is 0 Å². The summed E-state index contributed by atoms with van der Waals surface area (Å²) in [6.07, 6.45) is 4.52. The zero-order chi connectivity index (χ0) is 9.61. The van der Waals surface area contributed by atoms with Crippen LogP contribution < -0.4 is 0 Å². The summed E-state index contributed by atoms with van der Waals surface area (Å²) in [7, 11) is -3.90. The van der Waals surface area contributed by atoms with Crippen LogP contribution in [0.3, 0.4) is 0 Å². The standard InChI is InChI=1S/C8H17O3S/c1-3-4-5-6-7-8(2)12(9,10)11/h8H,2-7H2,1H3,(H,9,10,11). The lowest BCUT2D eigenvalue weighted by Gasteiger charge is -2.06. The van der Waals surface area contributed by atoms with Gasteiger partial charge in [0.05, 0.1) is 5.25 Å². The van der Waals surface area contributed by atoms with Gasteiger partial charge in [0.25, 0.3) is 10.1 Å². The highest BCUT2D eigenvalue weighted by atomic mass is 32.2. The summed E-state index contributed by atoms with van der Waals surface area (Å²) in [5.41, 5.74) is 0. The summed E-state index contributed by atoms with van der Waals surface area (Å²) in [5, 5.41) is -0.852. The molecule has 1 unspecified atom stereocenters. The van der Waals surface area contributed by atoms with Gasteiger partial charge in [-0.05, 0) is 13.3 Å². The molecule has 0 aromatic carbocycles. The van der Waals surface area contributed by atoms with Crippen LogP contribution in [0.15, 0.2) is 0 Å². The van der Waals surface area contributed by atoms with Gasteiger partial charge in [-0.15, -0.1) is 0 Å². The molecule has 73 valence electrons. The summed E-state index contributed by atoms with van der Waals surface area (Å²) in [4.78, 5) is 0. The zero-order valence-corrected chi connectivity index (χ0v) is 8.31. The van der Waals surface area contributed by atoms with E-state index < -0.39 is 15.4 Å². The molecule has 1 radical (unpaired) electrons. The maximum atomic E-state index is 10.5. The van der Waals surface area contributed by atoms with E-state index in [0.29, 0.717) is 6.42 Å². The van der Waals surface area contributed by atoms with Crippen molar-refractivity contribution in [2.24, 2.45) is 0 Å². The van der Waals surface area contributed by atoms with Gasteiger partial charge >= 0.3 is 0 Å². The van der Waals surface area contributed by atoms with Crippen LogP contribution in [0.4, 0.5) is 0 Å². The first-order chi connectivity index (χ1) is 5.48. The van der Waals surface area contributed by atoms with Crippen LogP contribution in [0.5, 0.6) is 0 Å². The molecule has 0 saturated carbocycles. The van der Waals surface area contributed by atoms with E-state index in [1.807, 2.05) is 0 Å². The van der Waals surface area contributed by atoms with E-state index >= 15 is 0 Å². The van der Waals surface area contributed by atoms with Crippen LogP contribution >= 0.6 is 0 Å². The average Bonchev–Trinajstić information content (AvgIpc) is 1.96. The second-order valence-electron chi connectivity index (χ2n) is 2.99. The molecule has 0 bridgehead atoms. The molecule has 0 fully saturated rings. The maximum absolute atomic E-state index is 10.5. The first-order valence-electron chi connectivity index (χ1n) is 4.28. The SMILES string of the molecule is [CH2]C(CCCCCC)S(=O)(=O)O. The second kappa shape index (κ2) is 5.54. The Hall–Kier alpha value is -0.0900. The van der Waals surface area contributed by atoms with Crippen molar-refractivity contribution >= 4 is 10.1 Å². The zero-order valence-electron chi connectivity index (χ0n) is 7.49. The number of unbranched alkanes of at least 4 members (excludes halogenated alkanes) is 3. The van der Waals surface area contributed by atoms with Crippen molar-refractivity contribution in [2.75, 3.05) is 0 Å². The van der Waals surface area contributed by atoms with Crippen LogP contribution in [-0.2, 0) is 10.1 Å². The third kappa shape index (κ3) is 5.55. The number of rotatable bonds is 6. The highest BCUT2D eigenvalue weighted by Gasteiger charge is 2.15. The van der Waals surface area contributed by atoms with E-state index in [9.17, 15) is 8.42 Å². The predicted molar refractivity (Wildman–Crippen MR) is 49.5 cm³/mol. The van der Waals surface area contributed by atoms with E-state index in [4.69, 9.17) is 4.55 Å². The van der Waals surface area contributed by atoms with Gasteiger partial charge in [-0.3, -0.25) is 4.55 Å². The summed E-state index contributed by atoms with van der Waals surface area (Å²) >= 11 is 0. The molecule has 0 aromatic heterocycles. The molecule has 0 saturated heterocycles. The third-order valence-corrected chi connectivity index (χ3v) is 2.88. The molecule has 3 nitrogen and oxygen atoms in total. The van der Waals surface area contributed by atoms with E-state index in [-0.39, 0.29) is 0 Å². The highest BCUT2D eigenvalue weighted by Crippen LogP contribution is 2.09. The summed E-state index contributed by atoms with van der Waals surface area (Å²) in [6.45, 7) is 5.46. The molecule has 12 heavy (non-hydrogen) atoms. The van der Waals surface area contributed by atoms with Crippen LogP contribution in [0.25, 0.3) is 0 Å². The van der Waals surface area contributed by atoms with E-state index in [0.717, 1.165) is 25.7 Å². The van der Waals surface area contributed by atoms with Crippen molar-refractivity contribution in [3.05, 3.63) is 6.92 Å². The predicted octanol–water partition coefficient (Wildman–Crippen LogP) is 2.05. The molecule has 0 rings (SSSR count). The monoisotopic (exact) mass is 193 g/mol. The maximum Gasteiger partial charge on any atom is 0.267 e. The summed E-state index contributed by atoms with van der Waals surface area (Å²) < 4.78 is 29.5. The van der Waals surface area contributed by atoms with Crippen LogP contribution in [-0.4, -0.2) is 18.2 Å². The molecule has 0 amide bonds. The van der Waals surface area contributed by atoms with Crippen LogP contribution in [0.2, 0.25) is 0 Å². The van der Waals surface area contributed by atoms with Crippen LogP contribution in [0.1, 0.15) is 39.0 Å². The Morgan fingerprint density at radius 2 is 1.92 bits per heavy atom. The van der Waals surface area contributed by atoms with Gasteiger partial charge in [0, 0.05) is 0 Å². The van der Waals surface area contributed by atoms with Gasteiger partial charge in [0.1, 0.15) is 0 Å². The fourth-order valence-electron chi connectivity index (χ4n) is 0.948. The number of hydrogen-bond acceptors (Lipinski definition) is 2. The van der Waals surface area contributed by atoms with Gasteiger partial charge in [-0.25, -0.2) is 0 Å². The van der Waals surface area contributed by atoms with Gasteiger partial charge in [0.15, 0.2) is 0 Å². The van der Waals surface area contributed by atoms with E-state index in [1.54, 1.807) is 0 Å². The molecular weight excluding hydrogens is 176 g/mol. The molecule has 4 heteroatoms. The van der Waals surface area contributed by atoms with E-state index in [2.05, 4.69) is 13.8 Å². The minimum absolute atomic E-state index is 0.457. The Balaban J connectivity index is 3.52. The lowest BCUT2D eigenvalue weighted by Crippen LogP contribution is -2.16. The molecule has 1 N–H and O–H groups in total. The Bertz CT molecular complexity index is 196. The normalized spacial score (nSPS) is 14.6. The van der Waals surface area contributed by atoms with Gasteiger partial charge in [-0.1, -0.05) is 32.6 Å². The first-order valence-corrected chi connectivity index (χ1v) is 5.78. The largest absolute Gasteiger partial charge is 0.285 e.